The molecule has 2 atom stereocenters. The first-order valence-corrected chi connectivity index (χ1v) is 5.88. The lowest BCUT2D eigenvalue weighted by atomic mass is 10.0. The van der Waals surface area contributed by atoms with Gasteiger partial charge in [0.1, 0.15) is 5.82 Å². The molecule has 0 saturated carbocycles. The molecule has 5 heteroatoms. The summed E-state index contributed by atoms with van der Waals surface area (Å²) >= 11 is 5.84. The smallest absolute Gasteiger partial charge is 0.224 e. The third-order valence-corrected chi connectivity index (χ3v) is 3.35. The number of aromatic nitrogens is 2. The van der Waals surface area contributed by atoms with Crippen LogP contribution in [0.3, 0.4) is 0 Å². The van der Waals surface area contributed by atoms with Crippen LogP contribution in [0.5, 0.6) is 0 Å². The number of hydrogen-bond acceptors (Lipinski definition) is 4. The third kappa shape index (κ3) is 2.13. The predicted octanol–water partition coefficient (Wildman–Crippen LogP) is 1.65. The van der Waals surface area contributed by atoms with Crippen LogP contribution < -0.4 is 4.90 Å². The van der Waals surface area contributed by atoms with Gasteiger partial charge in [0.25, 0.3) is 0 Å². The van der Waals surface area contributed by atoms with Gasteiger partial charge in [-0.25, -0.2) is 9.97 Å². The zero-order chi connectivity index (χ0) is 11.7. The minimum Gasteiger partial charge on any atom is -0.394 e. The molecule has 0 aromatic carbocycles. The van der Waals surface area contributed by atoms with E-state index in [-0.39, 0.29) is 17.9 Å². The summed E-state index contributed by atoms with van der Waals surface area (Å²) in [4.78, 5) is 10.4. The van der Waals surface area contributed by atoms with Gasteiger partial charge in [-0.1, -0.05) is 6.92 Å². The number of hydrogen-bond donors (Lipinski definition) is 1. The van der Waals surface area contributed by atoms with Crippen molar-refractivity contribution >= 4 is 17.4 Å². The summed E-state index contributed by atoms with van der Waals surface area (Å²) in [6.07, 6.45) is 1.08. The molecule has 16 heavy (non-hydrogen) atoms. The molecular formula is C11H16ClN3O. The average Bonchev–Trinajstić information content (AvgIpc) is 2.58. The zero-order valence-electron chi connectivity index (χ0n) is 9.52. The van der Waals surface area contributed by atoms with E-state index in [1.54, 1.807) is 0 Å². The first kappa shape index (κ1) is 11.6. The van der Waals surface area contributed by atoms with Gasteiger partial charge >= 0.3 is 0 Å². The molecule has 0 aliphatic carbocycles. The molecule has 2 heterocycles. The van der Waals surface area contributed by atoms with E-state index in [2.05, 4.69) is 21.8 Å². The molecule has 88 valence electrons. The van der Waals surface area contributed by atoms with Crippen molar-refractivity contribution in [3.8, 4) is 0 Å². The van der Waals surface area contributed by atoms with Gasteiger partial charge in [-0.2, -0.15) is 0 Å². The van der Waals surface area contributed by atoms with E-state index in [1.807, 2.05) is 13.0 Å². The highest BCUT2D eigenvalue weighted by Gasteiger charge is 2.31. The summed E-state index contributed by atoms with van der Waals surface area (Å²) in [5.41, 5.74) is 0.853. The third-order valence-electron chi connectivity index (χ3n) is 3.18. The lowest BCUT2D eigenvalue weighted by Gasteiger charge is -2.26. The van der Waals surface area contributed by atoms with Gasteiger partial charge in [0.2, 0.25) is 5.28 Å². The number of aliphatic hydroxyl groups is 1. The van der Waals surface area contributed by atoms with Gasteiger partial charge in [-0.05, 0) is 30.9 Å². The van der Waals surface area contributed by atoms with Crippen molar-refractivity contribution in [2.24, 2.45) is 5.92 Å². The molecule has 1 aliphatic heterocycles. The Balaban J connectivity index is 2.29. The van der Waals surface area contributed by atoms with Crippen molar-refractivity contribution in [1.29, 1.82) is 0 Å². The fourth-order valence-electron chi connectivity index (χ4n) is 2.23. The normalized spacial score (nSPS) is 25.1. The Labute approximate surface area is 100 Å². The van der Waals surface area contributed by atoms with Crippen LogP contribution >= 0.6 is 11.6 Å². The molecule has 1 aromatic heterocycles. The van der Waals surface area contributed by atoms with E-state index in [4.69, 9.17) is 11.6 Å². The molecule has 0 radical (unpaired) electrons. The van der Waals surface area contributed by atoms with Crippen LogP contribution in [0.2, 0.25) is 5.28 Å². The second-order valence-corrected chi connectivity index (χ2v) is 4.68. The molecule has 0 amide bonds. The molecule has 1 aromatic rings. The van der Waals surface area contributed by atoms with Gasteiger partial charge in [0, 0.05) is 18.3 Å². The molecule has 4 nitrogen and oxygen atoms in total. The summed E-state index contributed by atoms with van der Waals surface area (Å²) in [5, 5.41) is 9.66. The highest BCUT2D eigenvalue weighted by atomic mass is 35.5. The Hall–Kier alpha value is -0.870. The number of rotatable bonds is 2. The number of halogens is 1. The van der Waals surface area contributed by atoms with Crippen LogP contribution in [-0.4, -0.2) is 34.3 Å². The maximum absolute atomic E-state index is 9.39. The van der Waals surface area contributed by atoms with Gasteiger partial charge in [-0.15, -0.1) is 0 Å². The average molecular weight is 242 g/mol. The molecule has 0 bridgehead atoms. The summed E-state index contributed by atoms with van der Waals surface area (Å²) < 4.78 is 0. The van der Waals surface area contributed by atoms with Gasteiger partial charge in [0.15, 0.2) is 0 Å². The fraction of sp³-hybridized carbons (Fsp3) is 0.636. The molecule has 1 aliphatic rings. The number of anilines is 1. The SMILES string of the molecule is Cc1cc(N2CCC(C)C2CO)nc(Cl)n1. The van der Waals surface area contributed by atoms with Crippen LogP contribution in [-0.2, 0) is 0 Å². The Bertz CT molecular complexity index is 365. The molecular weight excluding hydrogens is 226 g/mol. The van der Waals surface area contributed by atoms with Crippen LogP contribution in [0.15, 0.2) is 6.07 Å². The van der Waals surface area contributed by atoms with E-state index in [0.717, 1.165) is 24.5 Å². The van der Waals surface area contributed by atoms with Crippen molar-refractivity contribution in [2.45, 2.75) is 26.3 Å². The van der Waals surface area contributed by atoms with E-state index in [9.17, 15) is 5.11 Å². The number of aryl methyl sites for hydroxylation is 1. The highest BCUT2D eigenvalue weighted by Crippen LogP contribution is 2.28. The standard InChI is InChI=1S/C11H16ClN3O/c1-7-3-4-15(9(7)6-16)10-5-8(2)13-11(12)14-10/h5,7,9,16H,3-4,6H2,1-2H3. The quantitative estimate of drug-likeness (QED) is 0.800. The Morgan fingerprint density at radius 1 is 1.56 bits per heavy atom. The summed E-state index contributed by atoms with van der Waals surface area (Å²) in [7, 11) is 0. The molecule has 1 fully saturated rings. The molecule has 2 unspecified atom stereocenters. The second-order valence-electron chi connectivity index (χ2n) is 4.35. The van der Waals surface area contributed by atoms with Crippen LogP contribution in [0, 0.1) is 12.8 Å². The maximum atomic E-state index is 9.39. The molecule has 0 spiro atoms. The first-order valence-electron chi connectivity index (χ1n) is 5.50. The van der Waals surface area contributed by atoms with Gasteiger partial charge < -0.3 is 10.0 Å². The molecule has 1 saturated heterocycles. The first-order chi connectivity index (χ1) is 7.61. The van der Waals surface area contributed by atoms with E-state index in [0.29, 0.717) is 5.92 Å². The van der Waals surface area contributed by atoms with Crippen molar-refractivity contribution < 1.29 is 5.11 Å². The van der Waals surface area contributed by atoms with Gasteiger partial charge in [0.05, 0.1) is 12.6 Å². The van der Waals surface area contributed by atoms with Gasteiger partial charge in [-0.3, -0.25) is 0 Å². The van der Waals surface area contributed by atoms with Crippen molar-refractivity contribution in [3.63, 3.8) is 0 Å². The zero-order valence-corrected chi connectivity index (χ0v) is 10.3. The largest absolute Gasteiger partial charge is 0.394 e. The monoisotopic (exact) mass is 241 g/mol. The topological polar surface area (TPSA) is 49.2 Å². The number of aliphatic hydroxyl groups excluding tert-OH is 1. The minimum atomic E-state index is 0.144. The predicted molar refractivity (Wildman–Crippen MR) is 63.8 cm³/mol. The Morgan fingerprint density at radius 2 is 2.31 bits per heavy atom. The fourth-order valence-corrected chi connectivity index (χ4v) is 2.45. The lowest BCUT2D eigenvalue weighted by molar-refractivity contribution is 0.244. The highest BCUT2D eigenvalue weighted by molar-refractivity contribution is 6.28. The maximum Gasteiger partial charge on any atom is 0.224 e. The van der Waals surface area contributed by atoms with Crippen molar-refractivity contribution in [2.75, 3.05) is 18.1 Å². The Kier molecular flexibility index (Phi) is 3.30. The molecule has 1 N–H and O–H groups in total. The van der Waals surface area contributed by atoms with E-state index >= 15 is 0 Å². The molecule has 2 rings (SSSR count). The van der Waals surface area contributed by atoms with E-state index < -0.39 is 0 Å². The van der Waals surface area contributed by atoms with E-state index in [1.165, 1.54) is 0 Å². The summed E-state index contributed by atoms with van der Waals surface area (Å²) in [6, 6.07) is 2.05. The van der Waals surface area contributed by atoms with Crippen LogP contribution in [0.1, 0.15) is 19.0 Å². The minimum absolute atomic E-state index is 0.144. The van der Waals surface area contributed by atoms with Crippen LogP contribution in [0.25, 0.3) is 0 Å². The summed E-state index contributed by atoms with van der Waals surface area (Å²) in [5.74, 6) is 1.31. The van der Waals surface area contributed by atoms with Crippen molar-refractivity contribution in [1.82, 2.24) is 9.97 Å². The Morgan fingerprint density at radius 3 is 2.94 bits per heavy atom. The van der Waals surface area contributed by atoms with Crippen molar-refractivity contribution in [3.05, 3.63) is 17.0 Å². The summed E-state index contributed by atoms with van der Waals surface area (Å²) in [6.45, 7) is 5.11. The lowest BCUT2D eigenvalue weighted by Crippen LogP contribution is -2.35. The number of nitrogens with zero attached hydrogens (tertiary/aromatic N) is 3. The second kappa shape index (κ2) is 4.55. The van der Waals surface area contributed by atoms with Crippen LogP contribution in [0.4, 0.5) is 5.82 Å².